The average molecular weight is 278 g/mol. The molecule has 0 saturated heterocycles. The molecule has 3 heteroatoms. The zero-order chi connectivity index (χ0) is 9.40. The minimum atomic E-state index is -0.473. The van der Waals surface area contributed by atoms with Gasteiger partial charge in [0.15, 0.2) is 0 Å². The molecule has 2 radical (unpaired) electrons. The molecular formula is C9H21NOSn. The first-order valence-electron chi connectivity index (χ1n) is 4.77. The zero-order valence-corrected chi connectivity index (χ0v) is 11.3. The van der Waals surface area contributed by atoms with Gasteiger partial charge in [-0.05, 0) is 0 Å². The number of unbranched alkanes of at least 4 members (excludes halogenated alkanes) is 1. The zero-order valence-electron chi connectivity index (χ0n) is 8.47. The van der Waals surface area contributed by atoms with Gasteiger partial charge in [0.2, 0.25) is 0 Å². The second kappa shape index (κ2) is 8.32. The fraction of sp³-hybridized carbons (Fsp3) is 1.00. The number of hydrogen-bond acceptors (Lipinski definition) is 2. The van der Waals surface area contributed by atoms with E-state index in [9.17, 15) is 0 Å². The maximum absolute atomic E-state index is 5.64. The van der Waals surface area contributed by atoms with E-state index < -0.39 is 21.6 Å². The molecule has 0 aliphatic rings. The average Bonchev–Trinajstić information content (AvgIpc) is 1.95. The van der Waals surface area contributed by atoms with Crippen LogP contribution in [0.25, 0.3) is 0 Å². The summed E-state index contributed by atoms with van der Waals surface area (Å²) < 4.78 is 6.93. The Hall–Kier alpha value is 0.719. The van der Waals surface area contributed by atoms with Crippen molar-refractivity contribution in [1.29, 1.82) is 0 Å². The van der Waals surface area contributed by atoms with Crippen LogP contribution in [0.4, 0.5) is 0 Å². The van der Waals surface area contributed by atoms with E-state index in [1.807, 2.05) is 0 Å². The van der Waals surface area contributed by atoms with Gasteiger partial charge < -0.3 is 0 Å². The van der Waals surface area contributed by atoms with Crippen LogP contribution in [0.1, 0.15) is 40.0 Å². The van der Waals surface area contributed by atoms with Crippen LogP contribution >= 0.6 is 0 Å². The third-order valence-electron chi connectivity index (χ3n) is 1.51. The Labute approximate surface area is 87.0 Å². The Kier molecular flexibility index (Phi) is 8.82. The van der Waals surface area contributed by atoms with E-state index >= 15 is 0 Å². The molecule has 1 unspecified atom stereocenters. The van der Waals surface area contributed by atoms with Crippen molar-refractivity contribution in [1.82, 2.24) is 0 Å². The van der Waals surface area contributed by atoms with Crippen LogP contribution in [0.5, 0.6) is 0 Å². The predicted molar refractivity (Wildman–Crippen MR) is 54.3 cm³/mol. The molecule has 72 valence electrons. The Morgan fingerprint density at radius 1 is 1.25 bits per heavy atom. The maximum atomic E-state index is 5.64. The molecule has 2 nitrogen and oxygen atoms in total. The Morgan fingerprint density at radius 2 is 1.92 bits per heavy atom. The van der Waals surface area contributed by atoms with Crippen molar-refractivity contribution in [3.8, 4) is 0 Å². The topological polar surface area (TPSA) is 35.2 Å². The summed E-state index contributed by atoms with van der Waals surface area (Å²) in [5, 5.41) is 0. The van der Waals surface area contributed by atoms with Gasteiger partial charge in [0, 0.05) is 0 Å². The first kappa shape index (κ1) is 12.7. The summed E-state index contributed by atoms with van der Waals surface area (Å²) in [5.41, 5.74) is 5.64. The normalized spacial score (nSPS) is 13.8. The van der Waals surface area contributed by atoms with Gasteiger partial charge in [-0.25, -0.2) is 0 Å². The van der Waals surface area contributed by atoms with Crippen LogP contribution < -0.4 is 5.73 Å². The van der Waals surface area contributed by atoms with Gasteiger partial charge in [-0.2, -0.15) is 0 Å². The van der Waals surface area contributed by atoms with Gasteiger partial charge in [-0.1, -0.05) is 0 Å². The van der Waals surface area contributed by atoms with Gasteiger partial charge in [-0.3, -0.25) is 0 Å². The monoisotopic (exact) mass is 279 g/mol. The van der Waals surface area contributed by atoms with Crippen LogP contribution in [0, 0.1) is 0 Å². The van der Waals surface area contributed by atoms with E-state index in [1.165, 1.54) is 23.7 Å². The molecule has 0 spiro atoms. The van der Waals surface area contributed by atoms with Gasteiger partial charge in [-0.15, -0.1) is 0 Å². The molecule has 1 atom stereocenters. The Balaban J connectivity index is 2.91. The van der Waals surface area contributed by atoms with Gasteiger partial charge in [0.05, 0.1) is 0 Å². The summed E-state index contributed by atoms with van der Waals surface area (Å²) >= 11 is -0.473. The molecule has 12 heavy (non-hydrogen) atoms. The molecule has 0 amide bonds. The van der Waals surface area contributed by atoms with Crippen molar-refractivity contribution in [3.63, 3.8) is 0 Å². The molecule has 0 aromatic rings. The number of hydrogen-bond donors (Lipinski definition) is 1. The van der Waals surface area contributed by atoms with E-state index in [1.54, 1.807) is 0 Å². The quantitative estimate of drug-likeness (QED) is 0.570. The van der Waals surface area contributed by atoms with Crippen molar-refractivity contribution in [2.24, 2.45) is 5.73 Å². The van der Waals surface area contributed by atoms with E-state index in [4.69, 9.17) is 8.81 Å². The minimum absolute atomic E-state index is 0.376. The van der Waals surface area contributed by atoms with Crippen LogP contribution in [0.3, 0.4) is 0 Å². The molecule has 0 aliphatic carbocycles. The fourth-order valence-corrected chi connectivity index (χ4v) is 3.30. The first-order chi connectivity index (χ1) is 5.63. The molecule has 0 rings (SSSR count). The summed E-state index contributed by atoms with van der Waals surface area (Å²) in [6.07, 6.45) is 4.21. The van der Waals surface area contributed by atoms with Gasteiger partial charge in [0.1, 0.15) is 0 Å². The number of rotatable bonds is 7. The molecule has 0 aromatic heterocycles. The molecule has 0 aromatic carbocycles. The molecule has 0 aliphatic heterocycles. The van der Waals surface area contributed by atoms with E-state index in [-0.39, 0.29) is 0 Å². The first-order valence-corrected chi connectivity index (χ1v) is 7.95. The summed E-state index contributed by atoms with van der Waals surface area (Å²) in [6, 6.07) is 0.376. The molecule has 0 saturated carbocycles. The van der Waals surface area contributed by atoms with Crippen molar-refractivity contribution in [3.05, 3.63) is 0 Å². The predicted octanol–water partition coefficient (Wildman–Crippen LogP) is 1.97. The summed E-state index contributed by atoms with van der Waals surface area (Å²) in [5.74, 6) is 0. The van der Waals surface area contributed by atoms with E-state index in [2.05, 4.69) is 20.8 Å². The van der Waals surface area contributed by atoms with E-state index in [0.29, 0.717) is 12.1 Å². The second-order valence-corrected chi connectivity index (χ2v) is 6.46. The van der Waals surface area contributed by atoms with Gasteiger partial charge in [0.25, 0.3) is 0 Å². The van der Waals surface area contributed by atoms with E-state index in [0.717, 1.165) is 0 Å². The fourth-order valence-electron chi connectivity index (χ4n) is 0.889. The second-order valence-electron chi connectivity index (χ2n) is 3.53. The standard InChI is InChI=1S/C6H14N.C3H7O.Sn/c1-3-4-5-6(2)7;1-3(2)4;/h6H,1,3-5,7H2,2H3;3H,1-2H3;/q;-1;+1. The third kappa shape index (κ3) is 10.7. The van der Waals surface area contributed by atoms with Crippen molar-refractivity contribution >= 4 is 21.6 Å². The molecule has 0 fully saturated rings. The molecule has 2 N–H and O–H groups in total. The van der Waals surface area contributed by atoms with Crippen LogP contribution in [-0.4, -0.2) is 33.7 Å². The molecule has 0 bridgehead atoms. The Bertz CT molecular complexity index is 84.5. The van der Waals surface area contributed by atoms with Crippen molar-refractivity contribution < 1.29 is 3.07 Å². The van der Waals surface area contributed by atoms with Gasteiger partial charge >= 0.3 is 87.0 Å². The van der Waals surface area contributed by atoms with Crippen molar-refractivity contribution in [2.45, 2.75) is 56.6 Å². The molecule has 0 heterocycles. The Morgan fingerprint density at radius 3 is 2.42 bits per heavy atom. The summed E-state index contributed by atoms with van der Waals surface area (Å²) in [7, 11) is 0. The SMILES string of the molecule is CC(N)CCC[CH2][Sn][O]C(C)C. The summed E-state index contributed by atoms with van der Waals surface area (Å²) in [6.45, 7) is 6.30. The third-order valence-corrected chi connectivity index (χ3v) is 4.92. The van der Waals surface area contributed by atoms with Crippen LogP contribution in [-0.2, 0) is 3.07 Å². The van der Waals surface area contributed by atoms with Crippen molar-refractivity contribution in [2.75, 3.05) is 0 Å². The molecular weight excluding hydrogens is 257 g/mol. The number of nitrogens with two attached hydrogens (primary N) is 1. The summed E-state index contributed by atoms with van der Waals surface area (Å²) in [4.78, 5) is 0. The van der Waals surface area contributed by atoms with Crippen LogP contribution in [0.15, 0.2) is 0 Å². The van der Waals surface area contributed by atoms with Crippen LogP contribution in [0.2, 0.25) is 4.44 Å².